The third-order valence-corrected chi connectivity index (χ3v) is 3.98. The molecule has 4 heteroatoms. The minimum absolute atomic E-state index is 0.0985. The Morgan fingerprint density at radius 3 is 2.71 bits per heavy atom. The van der Waals surface area contributed by atoms with Crippen LogP contribution in [0.1, 0.15) is 18.4 Å². The van der Waals surface area contributed by atoms with Gasteiger partial charge in [0, 0.05) is 13.0 Å². The average molecular weight is 302 g/mol. The largest absolute Gasteiger partial charge is 0.496 e. The fourth-order valence-corrected chi connectivity index (χ4v) is 2.73. The van der Waals surface area contributed by atoms with Crippen molar-refractivity contribution >= 4 is 15.9 Å². The Morgan fingerprint density at radius 2 is 2.24 bits per heavy atom. The SMILES string of the molecule is COc1ccc(CC(F)(CN)C2CC2)cc1Br. The standard InChI is InChI=1S/C13H17BrFNO/c1-17-12-5-2-9(6-11(12)14)7-13(15,8-16)10-3-4-10/h2,5-6,10H,3-4,7-8,16H2,1H3. The maximum absolute atomic E-state index is 14.5. The second-order valence-electron chi connectivity index (χ2n) is 4.66. The number of benzene rings is 1. The molecule has 0 aliphatic heterocycles. The summed E-state index contributed by atoms with van der Waals surface area (Å²) < 4.78 is 20.5. The number of nitrogens with two attached hydrogens (primary N) is 1. The molecule has 1 aromatic rings. The van der Waals surface area contributed by atoms with Gasteiger partial charge in [0.15, 0.2) is 0 Å². The molecule has 2 N–H and O–H groups in total. The quantitative estimate of drug-likeness (QED) is 0.907. The van der Waals surface area contributed by atoms with E-state index in [2.05, 4.69) is 15.9 Å². The van der Waals surface area contributed by atoms with Gasteiger partial charge in [-0.05, 0) is 52.4 Å². The van der Waals surface area contributed by atoms with Crippen LogP contribution < -0.4 is 10.5 Å². The van der Waals surface area contributed by atoms with Gasteiger partial charge in [-0.1, -0.05) is 6.07 Å². The number of hydrogen-bond donors (Lipinski definition) is 1. The molecule has 1 aromatic carbocycles. The van der Waals surface area contributed by atoms with E-state index >= 15 is 0 Å². The molecule has 0 radical (unpaired) electrons. The van der Waals surface area contributed by atoms with Crippen molar-refractivity contribution in [1.82, 2.24) is 0 Å². The number of methoxy groups -OCH3 is 1. The summed E-state index contributed by atoms with van der Waals surface area (Å²) in [4.78, 5) is 0. The molecule has 1 aliphatic rings. The van der Waals surface area contributed by atoms with Crippen molar-refractivity contribution < 1.29 is 9.13 Å². The van der Waals surface area contributed by atoms with Crippen LogP contribution in [0.15, 0.2) is 22.7 Å². The van der Waals surface area contributed by atoms with Crippen LogP contribution >= 0.6 is 15.9 Å². The van der Waals surface area contributed by atoms with Crippen molar-refractivity contribution in [3.8, 4) is 5.75 Å². The molecule has 1 unspecified atom stereocenters. The molecular formula is C13H17BrFNO. The van der Waals surface area contributed by atoms with Crippen LogP contribution in [0.5, 0.6) is 5.75 Å². The molecule has 0 aromatic heterocycles. The number of hydrogen-bond acceptors (Lipinski definition) is 2. The molecule has 94 valence electrons. The van der Waals surface area contributed by atoms with Gasteiger partial charge in [0.1, 0.15) is 11.4 Å². The van der Waals surface area contributed by atoms with Crippen LogP contribution in [0.4, 0.5) is 4.39 Å². The van der Waals surface area contributed by atoms with Crippen LogP contribution in [-0.4, -0.2) is 19.3 Å². The number of rotatable bonds is 5. The van der Waals surface area contributed by atoms with E-state index in [1.807, 2.05) is 18.2 Å². The molecule has 0 spiro atoms. The number of ether oxygens (including phenoxy) is 1. The Bertz CT molecular complexity index is 408. The van der Waals surface area contributed by atoms with Gasteiger partial charge in [0.05, 0.1) is 11.6 Å². The highest BCUT2D eigenvalue weighted by atomic mass is 79.9. The monoisotopic (exact) mass is 301 g/mol. The lowest BCUT2D eigenvalue weighted by Crippen LogP contribution is -2.37. The van der Waals surface area contributed by atoms with Gasteiger partial charge in [0.25, 0.3) is 0 Å². The molecule has 0 amide bonds. The third-order valence-electron chi connectivity index (χ3n) is 3.36. The molecule has 0 saturated heterocycles. The first-order chi connectivity index (χ1) is 8.09. The van der Waals surface area contributed by atoms with E-state index in [0.29, 0.717) is 6.42 Å². The van der Waals surface area contributed by atoms with E-state index in [1.165, 1.54) is 0 Å². The Kier molecular flexibility index (Phi) is 3.73. The Morgan fingerprint density at radius 1 is 1.53 bits per heavy atom. The molecular weight excluding hydrogens is 285 g/mol. The highest BCUT2D eigenvalue weighted by molar-refractivity contribution is 9.10. The lowest BCUT2D eigenvalue weighted by molar-refractivity contribution is 0.142. The normalized spacial score (nSPS) is 18.8. The first-order valence-electron chi connectivity index (χ1n) is 5.80. The minimum Gasteiger partial charge on any atom is -0.496 e. The summed E-state index contributed by atoms with van der Waals surface area (Å²) in [5, 5.41) is 0. The minimum atomic E-state index is -1.24. The highest BCUT2D eigenvalue weighted by Gasteiger charge is 2.44. The molecule has 1 atom stereocenters. The fraction of sp³-hybridized carbons (Fsp3) is 0.538. The summed E-state index contributed by atoms with van der Waals surface area (Å²) in [6.07, 6.45) is 2.31. The van der Waals surface area contributed by atoms with Gasteiger partial charge in [-0.25, -0.2) is 4.39 Å². The van der Waals surface area contributed by atoms with Gasteiger partial charge in [-0.15, -0.1) is 0 Å². The summed E-state index contributed by atoms with van der Waals surface area (Å²) >= 11 is 3.41. The van der Waals surface area contributed by atoms with E-state index < -0.39 is 5.67 Å². The summed E-state index contributed by atoms with van der Waals surface area (Å²) in [5.41, 5.74) is 5.29. The maximum Gasteiger partial charge on any atom is 0.133 e. The van der Waals surface area contributed by atoms with Gasteiger partial charge >= 0.3 is 0 Å². The van der Waals surface area contributed by atoms with Crippen LogP contribution in [-0.2, 0) is 6.42 Å². The van der Waals surface area contributed by atoms with Crippen molar-refractivity contribution in [2.75, 3.05) is 13.7 Å². The van der Waals surface area contributed by atoms with E-state index in [4.69, 9.17) is 10.5 Å². The zero-order chi connectivity index (χ0) is 12.5. The smallest absolute Gasteiger partial charge is 0.133 e. The van der Waals surface area contributed by atoms with E-state index in [1.54, 1.807) is 7.11 Å². The molecule has 2 nitrogen and oxygen atoms in total. The second kappa shape index (κ2) is 4.94. The summed E-state index contributed by atoms with van der Waals surface area (Å²) in [6, 6.07) is 5.66. The lowest BCUT2D eigenvalue weighted by atomic mass is 9.91. The highest BCUT2D eigenvalue weighted by Crippen LogP contribution is 2.43. The molecule has 1 saturated carbocycles. The maximum atomic E-state index is 14.5. The van der Waals surface area contributed by atoms with Crippen molar-refractivity contribution in [2.24, 2.45) is 11.7 Å². The number of halogens is 2. The van der Waals surface area contributed by atoms with Crippen LogP contribution in [0, 0.1) is 5.92 Å². The van der Waals surface area contributed by atoms with Gasteiger partial charge < -0.3 is 10.5 Å². The molecule has 1 fully saturated rings. The van der Waals surface area contributed by atoms with Gasteiger partial charge in [0.2, 0.25) is 0 Å². The van der Waals surface area contributed by atoms with Crippen molar-refractivity contribution in [3.05, 3.63) is 28.2 Å². The fourth-order valence-electron chi connectivity index (χ4n) is 2.14. The lowest BCUT2D eigenvalue weighted by Gasteiger charge is -2.23. The molecule has 0 bridgehead atoms. The van der Waals surface area contributed by atoms with Crippen LogP contribution in [0.2, 0.25) is 0 Å². The first-order valence-corrected chi connectivity index (χ1v) is 6.60. The predicted octanol–water partition coefficient (Wildman–Crippen LogP) is 3.08. The van der Waals surface area contributed by atoms with Crippen LogP contribution in [0.25, 0.3) is 0 Å². The summed E-state index contributed by atoms with van der Waals surface area (Å²) in [7, 11) is 1.61. The molecule has 2 rings (SSSR count). The predicted molar refractivity (Wildman–Crippen MR) is 70.0 cm³/mol. The van der Waals surface area contributed by atoms with Gasteiger partial charge in [-0.2, -0.15) is 0 Å². The summed E-state index contributed by atoms with van der Waals surface area (Å²) in [6.45, 7) is 0.0985. The molecule has 0 heterocycles. The van der Waals surface area contributed by atoms with E-state index in [0.717, 1.165) is 28.6 Å². The number of alkyl halides is 1. The van der Waals surface area contributed by atoms with Crippen LogP contribution in [0.3, 0.4) is 0 Å². The molecule has 1 aliphatic carbocycles. The van der Waals surface area contributed by atoms with E-state index in [9.17, 15) is 4.39 Å². The van der Waals surface area contributed by atoms with Gasteiger partial charge in [-0.3, -0.25) is 0 Å². The van der Waals surface area contributed by atoms with Crippen molar-refractivity contribution in [3.63, 3.8) is 0 Å². The third kappa shape index (κ3) is 2.80. The zero-order valence-corrected chi connectivity index (χ0v) is 11.5. The van der Waals surface area contributed by atoms with E-state index in [-0.39, 0.29) is 12.5 Å². The Balaban J connectivity index is 2.15. The first kappa shape index (κ1) is 12.8. The van der Waals surface area contributed by atoms with Crippen molar-refractivity contribution in [1.29, 1.82) is 0 Å². The Labute approximate surface area is 109 Å². The summed E-state index contributed by atoms with van der Waals surface area (Å²) in [5.74, 6) is 0.908. The molecule has 17 heavy (non-hydrogen) atoms. The Hall–Kier alpha value is -0.610. The topological polar surface area (TPSA) is 35.2 Å². The zero-order valence-electron chi connectivity index (χ0n) is 9.88. The second-order valence-corrected chi connectivity index (χ2v) is 5.51. The average Bonchev–Trinajstić information content (AvgIpc) is 3.13. The van der Waals surface area contributed by atoms with Crippen molar-refractivity contribution in [2.45, 2.75) is 24.9 Å².